The van der Waals surface area contributed by atoms with E-state index < -0.39 is 60.4 Å². The number of nitrogens with two attached hydrogens (primary N) is 2. The number of primary amides is 1. The van der Waals surface area contributed by atoms with E-state index in [0.717, 1.165) is 0 Å². The van der Waals surface area contributed by atoms with E-state index in [9.17, 15) is 34.2 Å². The molecule has 12 nitrogen and oxygen atoms in total. The number of nitrogens with one attached hydrogen (secondary N) is 2. The van der Waals surface area contributed by atoms with Gasteiger partial charge in [-0.1, -0.05) is 20.3 Å². The standard InChI is InChI=1S/C19H33N5O7/c1-3-10(2)15(19(30)31)23-17(28)13-5-4-8-24(13)18(29)12(9-25)22-16(27)11(20)6-7-14(21)26/h10-13,15,25H,3-9,20H2,1-2H3,(H2,21,26)(H,22,27)(H,23,28)(H,30,31). The fourth-order valence-electron chi connectivity index (χ4n) is 3.33. The lowest BCUT2D eigenvalue weighted by atomic mass is 9.98. The highest BCUT2D eigenvalue weighted by atomic mass is 16.4. The van der Waals surface area contributed by atoms with Crippen molar-refractivity contribution in [1.29, 1.82) is 0 Å². The van der Waals surface area contributed by atoms with Gasteiger partial charge in [-0.2, -0.15) is 0 Å². The number of likely N-dealkylation sites (tertiary alicyclic amines) is 1. The van der Waals surface area contributed by atoms with Crippen molar-refractivity contribution in [2.45, 2.75) is 70.1 Å². The average Bonchev–Trinajstić information content (AvgIpc) is 3.22. The molecule has 0 aromatic heterocycles. The number of hydrogen-bond acceptors (Lipinski definition) is 7. The SMILES string of the molecule is CCC(C)C(NC(=O)C1CCCN1C(=O)C(CO)NC(=O)C(N)CCC(N)=O)C(=O)O. The molecule has 0 saturated carbocycles. The quantitative estimate of drug-likeness (QED) is 0.192. The number of hydrogen-bond donors (Lipinski definition) is 6. The Morgan fingerprint density at radius 2 is 1.84 bits per heavy atom. The van der Waals surface area contributed by atoms with Gasteiger partial charge >= 0.3 is 5.97 Å². The number of carbonyl (C=O) groups is 5. The molecule has 8 N–H and O–H groups in total. The van der Waals surface area contributed by atoms with E-state index in [4.69, 9.17) is 11.5 Å². The van der Waals surface area contributed by atoms with E-state index in [1.165, 1.54) is 4.90 Å². The van der Waals surface area contributed by atoms with Gasteiger partial charge in [0.05, 0.1) is 12.6 Å². The van der Waals surface area contributed by atoms with Crippen LogP contribution in [-0.4, -0.2) is 82.0 Å². The Morgan fingerprint density at radius 1 is 1.19 bits per heavy atom. The van der Waals surface area contributed by atoms with Crippen LogP contribution in [0.1, 0.15) is 46.0 Å². The predicted molar refractivity (Wildman–Crippen MR) is 109 cm³/mol. The summed E-state index contributed by atoms with van der Waals surface area (Å²) in [6.45, 7) is 3.01. The first-order chi connectivity index (χ1) is 14.5. The van der Waals surface area contributed by atoms with Gasteiger partial charge in [-0.25, -0.2) is 4.79 Å². The summed E-state index contributed by atoms with van der Waals surface area (Å²) in [6.07, 6.45) is 1.25. The van der Waals surface area contributed by atoms with E-state index in [2.05, 4.69) is 10.6 Å². The van der Waals surface area contributed by atoms with Crippen LogP contribution in [0.5, 0.6) is 0 Å². The molecule has 0 aromatic carbocycles. The van der Waals surface area contributed by atoms with Crippen LogP contribution in [0.2, 0.25) is 0 Å². The summed E-state index contributed by atoms with van der Waals surface area (Å²) in [5.74, 6) is -4.11. The van der Waals surface area contributed by atoms with Crippen molar-refractivity contribution in [3.63, 3.8) is 0 Å². The van der Waals surface area contributed by atoms with Gasteiger partial charge in [-0.15, -0.1) is 0 Å². The first-order valence-electron chi connectivity index (χ1n) is 10.3. The van der Waals surface area contributed by atoms with Crippen molar-refractivity contribution in [2.75, 3.05) is 13.2 Å². The zero-order valence-corrected chi connectivity index (χ0v) is 17.9. The zero-order valence-electron chi connectivity index (χ0n) is 17.9. The normalized spacial score (nSPS) is 19.7. The molecule has 0 aromatic rings. The summed E-state index contributed by atoms with van der Waals surface area (Å²) in [5.41, 5.74) is 10.7. The Morgan fingerprint density at radius 3 is 2.35 bits per heavy atom. The minimum atomic E-state index is -1.33. The highest BCUT2D eigenvalue weighted by Gasteiger charge is 2.39. The number of carboxylic acid groups (broad SMARTS) is 1. The summed E-state index contributed by atoms with van der Waals surface area (Å²) >= 11 is 0. The molecule has 176 valence electrons. The van der Waals surface area contributed by atoms with Gasteiger partial charge in [0, 0.05) is 13.0 Å². The van der Waals surface area contributed by atoms with E-state index in [-0.39, 0.29) is 25.3 Å². The second-order valence-electron chi connectivity index (χ2n) is 7.75. The van der Waals surface area contributed by atoms with E-state index in [0.29, 0.717) is 19.3 Å². The minimum Gasteiger partial charge on any atom is -0.480 e. The number of carboxylic acids is 1. The number of amides is 4. The largest absolute Gasteiger partial charge is 0.480 e. The first kappa shape index (κ1) is 26.3. The second-order valence-corrected chi connectivity index (χ2v) is 7.75. The summed E-state index contributed by atoms with van der Waals surface area (Å²) < 4.78 is 0. The Labute approximate surface area is 180 Å². The molecular formula is C19H33N5O7. The van der Waals surface area contributed by atoms with Crippen molar-refractivity contribution >= 4 is 29.6 Å². The zero-order chi connectivity index (χ0) is 23.7. The topological polar surface area (TPSA) is 205 Å². The van der Waals surface area contributed by atoms with Crippen molar-refractivity contribution in [2.24, 2.45) is 17.4 Å². The third-order valence-electron chi connectivity index (χ3n) is 5.45. The van der Waals surface area contributed by atoms with Crippen LogP contribution in [0.4, 0.5) is 0 Å². The molecule has 1 heterocycles. The number of rotatable bonds is 12. The maximum atomic E-state index is 12.9. The molecule has 0 radical (unpaired) electrons. The maximum Gasteiger partial charge on any atom is 0.326 e. The molecule has 4 amide bonds. The minimum absolute atomic E-state index is 0.0194. The molecule has 1 rings (SSSR count). The third kappa shape index (κ3) is 7.47. The van der Waals surface area contributed by atoms with Crippen LogP contribution in [0.15, 0.2) is 0 Å². The van der Waals surface area contributed by atoms with E-state index in [1.807, 2.05) is 0 Å². The molecule has 0 aliphatic carbocycles. The van der Waals surface area contributed by atoms with Crippen LogP contribution in [-0.2, 0) is 24.0 Å². The smallest absolute Gasteiger partial charge is 0.326 e. The number of aliphatic hydroxyl groups is 1. The molecule has 5 atom stereocenters. The highest BCUT2D eigenvalue weighted by molar-refractivity contribution is 5.94. The molecule has 12 heteroatoms. The molecule has 31 heavy (non-hydrogen) atoms. The van der Waals surface area contributed by atoms with Crippen LogP contribution in [0, 0.1) is 5.92 Å². The van der Waals surface area contributed by atoms with Gasteiger partial charge in [-0.3, -0.25) is 19.2 Å². The summed E-state index contributed by atoms with van der Waals surface area (Å²) in [7, 11) is 0. The molecule has 1 saturated heterocycles. The molecule has 5 unspecified atom stereocenters. The third-order valence-corrected chi connectivity index (χ3v) is 5.45. The van der Waals surface area contributed by atoms with Gasteiger partial charge in [0.2, 0.25) is 23.6 Å². The summed E-state index contributed by atoms with van der Waals surface area (Å²) in [4.78, 5) is 61.3. The number of aliphatic carboxylic acids is 1. The Kier molecular flexibility index (Phi) is 10.4. The average molecular weight is 444 g/mol. The first-order valence-corrected chi connectivity index (χ1v) is 10.3. The van der Waals surface area contributed by atoms with Gasteiger partial charge in [0.1, 0.15) is 18.1 Å². The van der Waals surface area contributed by atoms with Crippen LogP contribution >= 0.6 is 0 Å². The molecule has 1 fully saturated rings. The fourth-order valence-corrected chi connectivity index (χ4v) is 3.33. The highest BCUT2D eigenvalue weighted by Crippen LogP contribution is 2.20. The van der Waals surface area contributed by atoms with Crippen molar-refractivity contribution in [3.05, 3.63) is 0 Å². The number of nitrogens with zero attached hydrogens (tertiary/aromatic N) is 1. The van der Waals surface area contributed by atoms with E-state index in [1.54, 1.807) is 13.8 Å². The molecule has 0 bridgehead atoms. The fraction of sp³-hybridized carbons (Fsp3) is 0.737. The second kappa shape index (κ2) is 12.2. The van der Waals surface area contributed by atoms with E-state index >= 15 is 0 Å². The molecule has 0 spiro atoms. The lowest BCUT2D eigenvalue weighted by molar-refractivity contribution is -0.146. The van der Waals surface area contributed by atoms with Gasteiger partial charge in [-0.05, 0) is 25.2 Å². The summed E-state index contributed by atoms with van der Waals surface area (Å²) in [6, 6.07) is -4.43. The lowest BCUT2D eigenvalue weighted by Crippen LogP contribution is -2.58. The predicted octanol–water partition coefficient (Wildman–Crippen LogP) is -2.34. The van der Waals surface area contributed by atoms with Crippen LogP contribution in [0.25, 0.3) is 0 Å². The van der Waals surface area contributed by atoms with Crippen LogP contribution in [0.3, 0.4) is 0 Å². The van der Waals surface area contributed by atoms with Gasteiger partial charge in [0.15, 0.2) is 0 Å². The van der Waals surface area contributed by atoms with Gasteiger partial charge in [0.25, 0.3) is 0 Å². The number of carbonyl (C=O) groups excluding carboxylic acids is 4. The van der Waals surface area contributed by atoms with Crippen molar-refractivity contribution < 1.29 is 34.2 Å². The van der Waals surface area contributed by atoms with Crippen molar-refractivity contribution in [1.82, 2.24) is 15.5 Å². The molecule has 1 aliphatic heterocycles. The lowest BCUT2D eigenvalue weighted by Gasteiger charge is -2.30. The van der Waals surface area contributed by atoms with Crippen LogP contribution < -0.4 is 22.1 Å². The van der Waals surface area contributed by atoms with Crippen molar-refractivity contribution in [3.8, 4) is 0 Å². The maximum absolute atomic E-state index is 12.9. The molecule has 1 aliphatic rings. The van der Waals surface area contributed by atoms with Gasteiger partial charge < -0.3 is 37.2 Å². The summed E-state index contributed by atoms with van der Waals surface area (Å²) in [5, 5.41) is 23.8. The monoisotopic (exact) mass is 443 g/mol. The molecular weight excluding hydrogens is 410 g/mol. The Balaban J connectivity index is 2.82. The number of aliphatic hydroxyl groups excluding tert-OH is 1. The Hall–Kier alpha value is -2.73. The Bertz CT molecular complexity index is 687.